The molecule has 3 rings (SSSR count). The molecule has 0 spiro atoms. The molecule has 100 valence electrons. The summed E-state index contributed by atoms with van der Waals surface area (Å²) in [7, 11) is 0. The number of amides is 1. The fraction of sp³-hybridized carbons (Fsp3) is 0. The molecule has 0 aliphatic rings. The second kappa shape index (κ2) is 5.56. The monoisotopic (exact) mass is 348 g/mol. The second-order valence-electron chi connectivity index (χ2n) is 3.91. The SMILES string of the molecule is O=C(Nc1ccc(-n2cccn2)nc1)c1sccc1Br. The number of carbonyl (C=O) groups is 1. The standard InChI is InChI=1S/C13H9BrN4OS/c14-10-4-7-20-12(10)13(19)17-9-2-3-11(15-8-9)18-6-1-5-16-18/h1-8H,(H,17,19). The first-order valence-corrected chi connectivity index (χ1v) is 7.42. The average molecular weight is 349 g/mol. The van der Waals surface area contributed by atoms with E-state index in [1.807, 2.05) is 23.7 Å². The predicted molar refractivity (Wildman–Crippen MR) is 81.3 cm³/mol. The maximum absolute atomic E-state index is 12.0. The average Bonchev–Trinajstić information content (AvgIpc) is 3.10. The minimum atomic E-state index is -0.152. The van der Waals surface area contributed by atoms with Crippen LogP contribution in [0.2, 0.25) is 0 Å². The van der Waals surface area contributed by atoms with E-state index >= 15 is 0 Å². The van der Waals surface area contributed by atoms with E-state index in [9.17, 15) is 4.79 Å². The number of pyridine rings is 1. The van der Waals surface area contributed by atoms with Crippen LogP contribution in [0, 0.1) is 0 Å². The topological polar surface area (TPSA) is 59.8 Å². The van der Waals surface area contributed by atoms with E-state index in [-0.39, 0.29) is 5.91 Å². The van der Waals surface area contributed by atoms with E-state index in [1.165, 1.54) is 11.3 Å². The van der Waals surface area contributed by atoms with Crippen molar-refractivity contribution in [3.05, 3.63) is 57.6 Å². The first-order valence-electron chi connectivity index (χ1n) is 5.74. The van der Waals surface area contributed by atoms with E-state index in [2.05, 4.69) is 31.3 Å². The van der Waals surface area contributed by atoms with Gasteiger partial charge < -0.3 is 5.32 Å². The molecule has 0 aromatic carbocycles. The van der Waals surface area contributed by atoms with Gasteiger partial charge in [-0.15, -0.1) is 11.3 Å². The summed E-state index contributed by atoms with van der Waals surface area (Å²) < 4.78 is 2.45. The summed E-state index contributed by atoms with van der Waals surface area (Å²) in [5, 5.41) is 8.76. The number of hydrogen-bond acceptors (Lipinski definition) is 4. The molecule has 0 saturated heterocycles. The summed E-state index contributed by atoms with van der Waals surface area (Å²) in [6, 6.07) is 7.26. The molecule has 0 unspecified atom stereocenters. The van der Waals surface area contributed by atoms with Gasteiger partial charge in [0, 0.05) is 16.9 Å². The molecule has 3 heterocycles. The zero-order chi connectivity index (χ0) is 13.9. The minimum absolute atomic E-state index is 0.152. The third-order valence-electron chi connectivity index (χ3n) is 2.57. The highest BCUT2D eigenvalue weighted by Gasteiger charge is 2.11. The minimum Gasteiger partial charge on any atom is -0.320 e. The lowest BCUT2D eigenvalue weighted by atomic mass is 10.3. The molecule has 7 heteroatoms. The Kier molecular flexibility index (Phi) is 3.62. The van der Waals surface area contributed by atoms with Gasteiger partial charge >= 0.3 is 0 Å². The Balaban J connectivity index is 1.76. The van der Waals surface area contributed by atoms with Crippen LogP contribution in [0.3, 0.4) is 0 Å². The van der Waals surface area contributed by atoms with Crippen molar-refractivity contribution in [1.29, 1.82) is 0 Å². The van der Waals surface area contributed by atoms with Crippen LogP contribution in [0.5, 0.6) is 0 Å². The summed E-state index contributed by atoms with van der Waals surface area (Å²) in [5.74, 6) is 0.547. The van der Waals surface area contributed by atoms with Crippen LogP contribution in [0.4, 0.5) is 5.69 Å². The first-order chi connectivity index (χ1) is 9.74. The van der Waals surface area contributed by atoms with Gasteiger partial charge in [0.05, 0.1) is 11.9 Å². The highest BCUT2D eigenvalue weighted by Crippen LogP contribution is 2.23. The number of hydrogen-bond donors (Lipinski definition) is 1. The van der Waals surface area contributed by atoms with Crippen molar-refractivity contribution in [1.82, 2.24) is 14.8 Å². The number of nitrogens with one attached hydrogen (secondary N) is 1. The number of aromatic nitrogens is 3. The summed E-state index contributed by atoms with van der Waals surface area (Å²) in [6.45, 7) is 0. The molecule has 0 atom stereocenters. The summed E-state index contributed by atoms with van der Waals surface area (Å²) in [5.41, 5.74) is 0.645. The molecular formula is C13H9BrN4OS. The molecule has 20 heavy (non-hydrogen) atoms. The van der Waals surface area contributed by atoms with Gasteiger partial charge in [0.15, 0.2) is 5.82 Å². The lowest BCUT2D eigenvalue weighted by Gasteiger charge is -2.05. The first kappa shape index (κ1) is 13.0. The van der Waals surface area contributed by atoms with Crippen LogP contribution in [-0.2, 0) is 0 Å². The van der Waals surface area contributed by atoms with Gasteiger partial charge in [-0.1, -0.05) is 0 Å². The summed E-state index contributed by atoms with van der Waals surface area (Å²) in [4.78, 5) is 16.9. The van der Waals surface area contributed by atoms with E-state index in [4.69, 9.17) is 0 Å². The lowest BCUT2D eigenvalue weighted by molar-refractivity contribution is 0.103. The Labute approximate surface area is 127 Å². The fourth-order valence-electron chi connectivity index (χ4n) is 1.64. The Hall–Kier alpha value is -1.99. The molecule has 1 N–H and O–H groups in total. The third-order valence-corrected chi connectivity index (χ3v) is 4.40. The Morgan fingerprint density at radius 1 is 1.35 bits per heavy atom. The van der Waals surface area contributed by atoms with Crippen LogP contribution < -0.4 is 5.32 Å². The number of carbonyl (C=O) groups excluding carboxylic acids is 1. The van der Waals surface area contributed by atoms with Crippen molar-refractivity contribution in [3.63, 3.8) is 0 Å². The summed E-state index contributed by atoms with van der Waals surface area (Å²) >= 11 is 4.72. The maximum atomic E-state index is 12.0. The highest BCUT2D eigenvalue weighted by molar-refractivity contribution is 9.10. The third kappa shape index (κ3) is 2.63. The second-order valence-corrected chi connectivity index (χ2v) is 5.68. The van der Waals surface area contributed by atoms with Crippen LogP contribution in [0.15, 0.2) is 52.7 Å². The molecule has 5 nitrogen and oxygen atoms in total. The van der Waals surface area contributed by atoms with Crippen molar-refractivity contribution < 1.29 is 4.79 Å². The fourth-order valence-corrected chi connectivity index (χ4v) is 3.09. The molecule has 0 aliphatic carbocycles. The van der Waals surface area contributed by atoms with E-state index in [1.54, 1.807) is 29.2 Å². The number of thiophene rings is 1. The number of anilines is 1. The van der Waals surface area contributed by atoms with Gasteiger partial charge in [-0.25, -0.2) is 9.67 Å². The smallest absolute Gasteiger partial charge is 0.266 e. The van der Waals surface area contributed by atoms with Gasteiger partial charge in [-0.2, -0.15) is 5.10 Å². The van der Waals surface area contributed by atoms with Gasteiger partial charge in [0.25, 0.3) is 5.91 Å². The highest BCUT2D eigenvalue weighted by atomic mass is 79.9. The van der Waals surface area contributed by atoms with Crippen molar-refractivity contribution in [2.75, 3.05) is 5.32 Å². The van der Waals surface area contributed by atoms with Gasteiger partial charge in [-0.3, -0.25) is 4.79 Å². The summed E-state index contributed by atoms with van der Waals surface area (Å²) in [6.07, 6.45) is 5.10. The van der Waals surface area contributed by atoms with Gasteiger partial charge in [0.1, 0.15) is 4.88 Å². The molecule has 3 aromatic rings. The number of rotatable bonds is 3. The molecular weight excluding hydrogens is 340 g/mol. The maximum Gasteiger partial charge on any atom is 0.266 e. The van der Waals surface area contributed by atoms with E-state index in [0.717, 1.165) is 4.47 Å². The van der Waals surface area contributed by atoms with Crippen LogP contribution >= 0.6 is 27.3 Å². The number of nitrogens with zero attached hydrogens (tertiary/aromatic N) is 3. The lowest BCUT2D eigenvalue weighted by Crippen LogP contribution is -2.11. The molecule has 3 aromatic heterocycles. The van der Waals surface area contributed by atoms with Crippen molar-refractivity contribution >= 4 is 38.9 Å². The van der Waals surface area contributed by atoms with E-state index < -0.39 is 0 Å². The van der Waals surface area contributed by atoms with Crippen molar-refractivity contribution in [2.24, 2.45) is 0 Å². The molecule has 0 bridgehead atoms. The Bertz CT molecular complexity index is 721. The van der Waals surface area contributed by atoms with Crippen molar-refractivity contribution in [3.8, 4) is 5.82 Å². The molecule has 0 saturated carbocycles. The molecule has 0 fully saturated rings. The predicted octanol–water partition coefficient (Wildman–Crippen LogP) is 3.34. The van der Waals surface area contributed by atoms with E-state index in [0.29, 0.717) is 16.4 Å². The van der Waals surface area contributed by atoms with Crippen LogP contribution in [0.1, 0.15) is 9.67 Å². The largest absolute Gasteiger partial charge is 0.320 e. The zero-order valence-electron chi connectivity index (χ0n) is 10.2. The van der Waals surface area contributed by atoms with Crippen LogP contribution in [0.25, 0.3) is 5.82 Å². The Morgan fingerprint density at radius 3 is 2.85 bits per heavy atom. The number of halogens is 1. The van der Waals surface area contributed by atoms with Gasteiger partial charge in [-0.05, 0) is 45.6 Å². The van der Waals surface area contributed by atoms with Crippen molar-refractivity contribution in [2.45, 2.75) is 0 Å². The van der Waals surface area contributed by atoms with Crippen LogP contribution in [-0.4, -0.2) is 20.7 Å². The Morgan fingerprint density at radius 2 is 2.25 bits per heavy atom. The quantitative estimate of drug-likeness (QED) is 0.789. The van der Waals surface area contributed by atoms with Gasteiger partial charge in [0.2, 0.25) is 0 Å². The molecule has 0 aliphatic heterocycles. The zero-order valence-corrected chi connectivity index (χ0v) is 12.6. The molecule has 1 amide bonds. The normalized spacial score (nSPS) is 10.4. The molecule has 0 radical (unpaired) electrons.